The Bertz CT molecular complexity index is 1450. The predicted molar refractivity (Wildman–Crippen MR) is 211 cm³/mol. The molecule has 0 aliphatic heterocycles. The van der Waals surface area contributed by atoms with Crippen molar-refractivity contribution < 1.29 is 37.6 Å². The average molecular weight is 753 g/mol. The molecule has 0 heterocycles. The lowest BCUT2D eigenvalue weighted by Gasteiger charge is -2.38. The SMILES string of the molecule is CCCCCCCCCCCCCCOc1ccc(NC(=O)C(COP(=O)(OCc2ccccc2)OCc2ccccc2)N(C(=O)O)C(C)(C)C)cc1. The first-order valence-electron chi connectivity index (χ1n) is 19.2. The number of amides is 2. The van der Waals surface area contributed by atoms with Crippen molar-refractivity contribution in [2.45, 2.75) is 130 Å². The van der Waals surface area contributed by atoms with Crippen molar-refractivity contribution in [2.24, 2.45) is 0 Å². The highest BCUT2D eigenvalue weighted by molar-refractivity contribution is 7.48. The maximum absolute atomic E-state index is 14.0. The van der Waals surface area contributed by atoms with Gasteiger partial charge < -0.3 is 15.2 Å². The molecule has 1 unspecified atom stereocenters. The van der Waals surface area contributed by atoms with E-state index in [2.05, 4.69) is 12.2 Å². The Morgan fingerprint density at radius 1 is 0.698 bits per heavy atom. The van der Waals surface area contributed by atoms with Crippen molar-refractivity contribution in [2.75, 3.05) is 18.5 Å². The van der Waals surface area contributed by atoms with Gasteiger partial charge in [-0.25, -0.2) is 9.36 Å². The van der Waals surface area contributed by atoms with E-state index in [-0.39, 0.29) is 13.2 Å². The Labute approximate surface area is 317 Å². The van der Waals surface area contributed by atoms with E-state index in [1.807, 2.05) is 36.4 Å². The molecule has 11 heteroatoms. The molecule has 1 atom stereocenters. The number of ether oxygens (including phenoxy) is 1. The summed E-state index contributed by atoms with van der Waals surface area (Å²) in [7, 11) is -4.30. The summed E-state index contributed by atoms with van der Waals surface area (Å²) in [4.78, 5) is 27.3. The van der Waals surface area contributed by atoms with Crippen molar-refractivity contribution in [3.63, 3.8) is 0 Å². The van der Waals surface area contributed by atoms with Crippen LogP contribution in [0.3, 0.4) is 0 Å². The normalized spacial score (nSPS) is 12.3. The van der Waals surface area contributed by atoms with Gasteiger partial charge in [-0.05, 0) is 62.6 Å². The molecule has 0 aromatic heterocycles. The zero-order valence-electron chi connectivity index (χ0n) is 32.2. The highest BCUT2D eigenvalue weighted by Gasteiger charge is 2.40. The third kappa shape index (κ3) is 17.3. The summed E-state index contributed by atoms with van der Waals surface area (Å²) in [5.74, 6) is 0.0185. The summed E-state index contributed by atoms with van der Waals surface area (Å²) in [6, 6.07) is 23.7. The molecule has 3 rings (SSSR count). The van der Waals surface area contributed by atoms with E-state index in [9.17, 15) is 19.3 Å². The number of anilines is 1. The minimum Gasteiger partial charge on any atom is -0.494 e. The predicted octanol–water partition coefficient (Wildman–Crippen LogP) is 11.4. The van der Waals surface area contributed by atoms with E-state index in [0.717, 1.165) is 28.9 Å². The molecule has 0 aliphatic rings. The van der Waals surface area contributed by atoms with Crippen molar-refractivity contribution in [1.29, 1.82) is 0 Å². The van der Waals surface area contributed by atoms with Gasteiger partial charge in [0, 0.05) is 11.2 Å². The van der Waals surface area contributed by atoms with Gasteiger partial charge in [-0.3, -0.25) is 23.3 Å². The zero-order valence-corrected chi connectivity index (χ0v) is 33.1. The Morgan fingerprint density at radius 3 is 1.62 bits per heavy atom. The van der Waals surface area contributed by atoms with Gasteiger partial charge in [0.15, 0.2) is 0 Å². The summed E-state index contributed by atoms with van der Waals surface area (Å²) in [6.45, 7) is 7.11. The maximum Gasteiger partial charge on any atom is 0.475 e. The molecule has 53 heavy (non-hydrogen) atoms. The van der Waals surface area contributed by atoms with Crippen molar-refractivity contribution in [3.8, 4) is 5.75 Å². The molecule has 2 amide bonds. The first-order chi connectivity index (χ1) is 25.5. The Kier molecular flexibility index (Phi) is 19.7. The average Bonchev–Trinajstić information content (AvgIpc) is 3.14. The van der Waals surface area contributed by atoms with E-state index < -0.39 is 38.0 Å². The van der Waals surface area contributed by atoms with E-state index in [1.165, 1.54) is 64.2 Å². The van der Waals surface area contributed by atoms with Crippen LogP contribution in [-0.2, 0) is 36.1 Å². The van der Waals surface area contributed by atoms with Gasteiger partial charge in [-0.2, -0.15) is 0 Å². The van der Waals surface area contributed by atoms with Crippen LogP contribution in [-0.4, -0.2) is 46.8 Å². The quantitative estimate of drug-likeness (QED) is 0.0613. The molecule has 0 saturated heterocycles. The Morgan fingerprint density at radius 2 is 1.17 bits per heavy atom. The fraction of sp³-hybridized carbons (Fsp3) is 0.524. The molecule has 3 aromatic rings. The second-order valence-electron chi connectivity index (χ2n) is 14.4. The van der Waals surface area contributed by atoms with Crippen LogP contribution in [0.15, 0.2) is 84.9 Å². The highest BCUT2D eigenvalue weighted by Crippen LogP contribution is 2.51. The van der Waals surface area contributed by atoms with E-state index in [0.29, 0.717) is 18.0 Å². The summed E-state index contributed by atoms with van der Waals surface area (Å²) < 4.78 is 37.1. The van der Waals surface area contributed by atoms with E-state index in [4.69, 9.17) is 18.3 Å². The van der Waals surface area contributed by atoms with Gasteiger partial charge in [0.25, 0.3) is 0 Å². The molecule has 0 spiro atoms. The molecule has 0 aliphatic carbocycles. The summed E-state index contributed by atoms with van der Waals surface area (Å²) in [5, 5.41) is 13.0. The van der Waals surface area contributed by atoms with Crippen LogP contribution in [0.1, 0.15) is 116 Å². The van der Waals surface area contributed by atoms with Gasteiger partial charge in [0.1, 0.15) is 11.8 Å². The molecule has 3 aromatic carbocycles. The number of hydrogen-bond acceptors (Lipinski definition) is 7. The molecule has 292 valence electrons. The summed E-state index contributed by atoms with van der Waals surface area (Å²) in [6.07, 6.45) is 14.0. The minimum atomic E-state index is -4.30. The number of rotatable bonds is 26. The third-order valence-electron chi connectivity index (χ3n) is 8.79. The molecule has 2 N–H and O–H groups in total. The molecule has 0 saturated carbocycles. The van der Waals surface area contributed by atoms with Gasteiger partial charge in [-0.15, -0.1) is 0 Å². The number of carbonyl (C=O) groups excluding carboxylic acids is 1. The molecule has 10 nitrogen and oxygen atoms in total. The Balaban J connectivity index is 1.57. The standard InChI is InChI=1S/C42H61N2O8P/c1-5-6-7-8-9-10-11-12-13-14-15-22-31-49-38-29-27-37(28-30-38)43-40(45)39(44(41(46)47)42(2,3)4)34-52-53(48,50-32-35-23-18-16-19-24-35)51-33-36-25-20-17-21-26-36/h16-21,23-30,39H,5-15,22,31-34H2,1-4H3,(H,43,45)(H,46,47). The fourth-order valence-electron chi connectivity index (χ4n) is 5.88. The number of nitrogens with one attached hydrogen (secondary N) is 1. The molecular formula is C42H61N2O8P. The smallest absolute Gasteiger partial charge is 0.475 e. The summed E-state index contributed by atoms with van der Waals surface area (Å²) >= 11 is 0. The zero-order chi connectivity index (χ0) is 38.4. The lowest BCUT2D eigenvalue weighted by molar-refractivity contribution is -0.123. The minimum absolute atomic E-state index is 0.0839. The van der Waals surface area contributed by atoms with Crippen LogP contribution < -0.4 is 10.1 Å². The van der Waals surface area contributed by atoms with Crippen molar-refractivity contribution in [3.05, 3.63) is 96.1 Å². The van der Waals surface area contributed by atoms with Gasteiger partial charge >= 0.3 is 13.9 Å². The maximum atomic E-state index is 14.0. The van der Waals surface area contributed by atoms with Crippen LogP contribution in [0, 0.1) is 0 Å². The third-order valence-corrected chi connectivity index (χ3v) is 10.1. The number of hydrogen-bond donors (Lipinski definition) is 2. The Hall–Kier alpha value is -3.69. The number of nitrogens with zero attached hydrogens (tertiary/aromatic N) is 1. The van der Waals surface area contributed by atoms with Gasteiger partial charge in [0.2, 0.25) is 5.91 Å². The number of phosphoric acid groups is 1. The van der Waals surface area contributed by atoms with Crippen LogP contribution in [0.5, 0.6) is 5.75 Å². The number of carboxylic acid groups (broad SMARTS) is 1. The lowest BCUT2D eigenvalue weighted by atomic mass is 10.0. The fourth-order valence-corrected chi connectivity index (χ4v) is 7.04. The highest BCUT2D eigenvalue weighted by atomic mass is 31.2. The molecule has 0 fully saturated rings. The first-order valence-corrected chi connectivity index (χ1v) is 20.6. The first kappa shape index (κ1) is 43.7. The van der Waals surface area contributed by atoms with Gasteiger partial charge in [-0.1, -0.05) is 138 Å². The topological polar surface area (TPSA) is 124 Å². The van der Waals surface area contributed by atoms with Gasteiger partial charge in [0.05, 0.1) is 26.4 Å². The monoisotopic (exact) mass is 752 g/mol. The van der Waals surface area contributed by atoms with Crippen LogP contribution in [0.4, 0.5) is 10.5 Å². The number of unbranched alkanes of at least 4 members (excludes halogenated alkanes) is 11. The second kappa shape index (κ2) is 23.9. The number of phosphoric ester groups is 1. The van der Waals surface area contributed by atoms with E-state index >= 15 is 0 Å². The van der Waals surface area contributed by atoms with E-state index in [1.54, 1.807) is 69.3 Å². The number of benzene rings is 3. The second-order valence-corrected chi connectivity index (χ2v) is 16.0. The molecule has 0 radical (unpaired) electrons. The van der Waals surface area contributed by atoms with Crippen LogP contribution in [0.2, 0.25) is 0 Å². The van der Waals surface area contributed by atoms with Crippen molar-refractivity contribution >= 4 is 25.5 Å². The lowest BCUT2D eigenvalue weighted by Crippen LogP contribution is -2.57. The molecule has 0 bridgehead atoms. The van der Waals surface area contributed by atoms with Crippen LogP contribution >= 0.6 is 7.82 Å². The molecular weight excluding hydrogens is 691 g/mol. The van der Waals surface area contributed by atoms with Crippen molar-refractivity contribution in [1.82, 2.24) is 4.90 Å². The number of carbonyl (C=O) groups is 2. The summed E-state index contributed by atoms with van der Waals surface area (Å²) in [5.41, 5.74) is 0.901. The van der Waals surface area contributed by atoms with Crippen LogP contribution in [0.25, 0.3) is 0 Å². The largest absolute Gasteiger partial charge is 0.494 e.